The Bertz CT molecular complexity index is 1580. The number of aromatic hydroxyl groups is 1. The van der Waals surface area contributed by atoms with Crippen LogP contribution in [0.25, 0.3) is 11.6 Å². The van der Waals surface area contributed by atoms with Crippen molar-refractivity contribution in [2.24, 2.45) is 17.8 Å². The number of phenols is 1. The summed E-state index contributed by atoms with van der Waals surface area (Å²) >= 11 is 6.45. The van der Waals surface area contributed by atoms with E-state index in [4.69, 9.17) is 21.0 Å². The molecule has 2 amide bonds. The summed E-state index contributed by atoms with van der Waals surface area (Å²) in [5.74, 6) is -0.950. The average Bonchev–Trinajstić information content (AvgIpc) is 3.23. The average molecular weight is 599 g/mol. The first-order chi connectivity index (χ1) is 20.8. The summed E-state index contributed by atoms with van der Waals surface area (Å²) in [6.07, 6.45) is 4.82. The number of carbonyl (C=O) groups is 2. The minimum Gasteiger partial charge on any atom is -0.508 e. The lowest BCUT2D eigenvalue weighted by atomic mass is 9.58. The van der Waals surface area contributed by atoms with Crippen LogP contribution in [0.2, 0.25) is 11.3 Å². The van der Waals surface area contributed by atoms with Crippen molar-refractivity contribution in [3.8, 4) is 11.5 Å². The molecular formula is C33H32BClN2O6. The van der Waals surface area contributed by atoms with E-state index in [1.807, 2.05) is 54.6 Å². The summed E-state index contributed by atoms with van der Waals surface area (Å²) in [5, 5.41) is 21.1. The van der Waals surface area contributed by atoms with E-state index in [-0.39, 0.29) is 36.4 Å². The molecule has 43 heavy (non-hydrogen) atoms. The Kier molecular flexibility index (Phi) is 8.39. The van der Waals surface area contributed by atoms with Crippen molar-refractivity contribution in [3.05, 3.63) is 100 Å². The highest BCUT2D eigenvalue weighted by Crippen LogP contribution is 2.50. The number of phenolic OH excluding ortho intramolecular Hbond substituents is 1. The number of imide groups is 1. The molecule has 2 N–H and O–H groups in total. The largest absolute Gasteiger partial charge is 0.508 e. The van der Waals surface area contributed by atoms with Crippen molar-refractivity contribution in [2.75, 3.05) is 13.7 Å². The number of para-hydroxylation sites is 1. The predicted octanol–water partition coefficient (Wildman–Crippen LogP) is 5.27. The van der Waals surface area contributed by atoms with Gasteiger partial charge in [0.25, 0.3) is 0 Å². The van der Waals surface area contributed by atoms with Gasteiger partial charge in [-0.2, -0.15) is 0 Å². The van der Waals surface area contributed by atoms with Crippen LogP contribution < -0.4 is 4.74 Å². The molecule has 1 aliphatic carbocycles. The van der Waals surface area contributed by atoms with Crippen LogP contribution in [0.3, 0.4) is 0 Å². The highest BCUT2D eigenvalue weighted by Gasteiger charge is 2.56. The number of ether oxygens (including phenoxy) is 1. The summed E-state index contributed by atoms with van der Waals surface area (Å²) in [5.41, 5.74) is 4.28. The number of pyridine rings is 1. The van der Waals surface area contributed by atoms with E-state index < -0.39 is 25.1 Å². The van der Waals surface area contributed by atoms with Crippen LogP contribution in [0, 0.1) is 17.8 Å². The van der Waals surface area contributed by atoms with Gasteiger partial charge in [0.15, 0.2) is 0 Å². The molecule has 2 aromatic carbocycles. The van der Waals surface area contributed by atoms with E-state index in [1.165, 1.54) is 18.0 Å². The summed E-state index contributed by atoms with van der Waals surface area (Å²) in [7, 11) is 0.463. The van der Waals surface area contributed by atoms with Crippen molar-refractivity contribution in [1.82, 2.24) is 9.88 Å². The van der Waals surface area contributed by atoms with Gasteiger partial charge in [-0.3, -0.25) is 19.5 Å². The van der Waals surface area contributed by atoms with Gasteiger partial charge >= 0.3 is 7.12 Å². The van der Waals surface area contributed by atoms with Gasteiger partial charge in [0.2, 0.25) is 11.8 Å². The maximum atomic E-state index is 13.3. The third kappa shape index (κ3) is 5.98. The molecule has 3 aliphatic rings. The first-order valence-corrected chi connectivity index (χ1v) is 14.8. The van der Waals surface area contributed by atoms with E-state index in [0.29, 0.717) is 30.0 Å². The van der Waals surface area contributed by atoms with Crippen LogP contribution in [-0.4, -0.2) is 58.7 Å². The molecular weight excluding hydrogens is 567 g/mol. The molecule has 0 spiro atoms. The number of rotatable bonds is 8. The van der Waals surface area contributed by atoms with Crippen LogP contribution in [0.5, 0.6) is 11.5 Å². The molecule has 2 saturated heterocycles. The second-order valence-corrected chi connectivity index (χ2v) is 11.7. The lowest BCUT2D eigenvalue weighted by molar-refractivity contribution is -0.138. The Morgan fingerprint density at radius 2 is 1.91 bits per heavy atom. The molecule has 2 aliphatic heterocycles. The third-order valence-corrected chi connectivity index (χ3v) is 9.00. The van der Waals surface area contributed by atoms with Gasteiger partial charge in [-0.15, -0.1) is 0 Å². The quantitative estimate of drug-likeness (QED) is 0.207. The fraction of sp³-hybridized carbons (Fsp3) is 0.303. The van der Waals surface area contributed by atoms with Crippen LogP contribution in [0.15, 0.2) is 84.1 Å². The predicted molar refractivity (Wildman–Crippen MR) is 164 cm³/mol. The molecule has 0 bridgehead atoms. The summed E-state index contributed by atoms with van der Waals surface area (Å²) < 4.78 is 12.3. The van der Waals surface area contributed by atoms with Crippen molar-refractivity contribution in [1.29, 1.82) is 0 Å². The molecule has 10 heteroatoms. The van der Waals surface area contributed by atoms with E-state index in [0.717, 1.165) is 28.0 Å². The smallest absolute Gasteiger partial charge is 0.455 e. The number of aromatic nitrogens is 1. The zero-order valence-electron chi connectivity index (χ0n) is 23.7. The number of allylic oxidation sites excluding steroid dienone is 1. The SMILES string of the molecule is CN1C(=O)[C@@H]2[C@@H](CC(COc3ccccc3)=C3[C@@H](CC/C(=C/c4ccc(O)cc4Cl)c4ccccn4)OB(O)C[C@@H]32)C1=O. The Balaban J connectivity index is 1.35. The van der Waals surface area contributed by atoms with Crippen LogP contribution in [0.1, 0.15) is 30.5 Å². The van der Waals surface area contributed by atoms with Gasteiger partial charge in [0.1, 0.15) is 18.1 Å². The minimum atomic E-state index is -1.07. The Hall–Kier alpha value is -3.92. The van der Waals surface area contributed by atoms with Crippen LogP contribution >= 0.6 is 11.6 Å². The molecule has 4 atom stereocenters. The fourth-order valence-corrected chi connectivity index (χ4v) is 6.90. The zero-order valence-corrected chi connectivity index (χ0v) is 24.5. The van der Waals surface area contributed by atoms with E-state index in [1.54, 1.807) is 18.3 Å². The van der Waals surface area contributed by atoms with Gasteiger partial charge < -0.3 is 19.5 Å². The van der Waals surface area contributed by atoms with Gasteiger partial charge in [-0.1, -0.05) is 35.9 Å². The maximum Gasteiger partial charge on any atom is 0.455 e. The number of amides is 2. The fourth-order valence-electron chi connectivity index (χ4n) is 6.68. The third-order valence-electron chi connectivity index (χ3n) is 8.67. The molecule has 3 heterocycles. The number of carbonyl (C=O) groups excluding carboxylic acids is 2. The highest BCUT2D eigenvalue weighted by atomic mass is 35.5. The van der Waals surface area contributed by atoms with Gasteiger partial charge in [0, 0.05) is 13.2 Å². The molecule has 2 fully saturated rings. The van der Waals surface area contributed by atoms with Crippen molar-refractivity contribution in [2.45, 2.75) is 31.7 Å². The van der Waals surface area contributed by atoms with Gasteiger partial charge in [-0.05, 0) is 102 Å². The molecule has 8 nitrogen and oxygen atoms in total. The monoisotopic (exact) mass is 598 g/mol. The molecule has 1 aromatic heterocycles. The van der Waals surface area contributed by atoms with Gasteiger partial charge in [-0.25, -0.2) is 0 Å². The lowest BCUT2D eigenvalue weighted by Crippen LogP contribution is -2.46. The second kappa shape index (κ2) is 12.4. The van der Waals surface area contributed by atoms with Crippen molar-refractivity contribution >= 4 is 42.2 Å². The Morgan fingerprint density at radius 3 is 2.65 bits per heavy atom. The van der Waals surface area contributed by atoms with Crippen LogP contribution in [-0.2, 0) is 14.2 Å². The first-order valence-electron chi connectivity index (χ1n) is 14.4. The van der Waals surface area contributed by atoms with Crippen LogP contribution in [0.4, 0.5) is 0 Å². The standard InChI is InChI=1S/C33H32BClN2O6/c1-37-32(39)25-16-22(19-42-24-7-3-2-4-8-24)30-26(31(25)33(37)40)18-34(41)43-29(30)13-11-21(28-9-5-6-14-36-28)15-20-10-12-23(38)17-27(20)35/h2-10,12,14-15,17,25-26,29,31,38,41H,11,13,16,18-19H2,1H3/b21-15-/t25-,26+,29-,31-/m1/s1. The molecule has 0 radical (unpaired) electrons. The molecule has 220 valence electrons. The minimum absolute atomic E-state index is 0.0792. The number of benzene rings is 2. The van der Waals surface area contributed by atoms with E-state index in [9.17, 15) is 19.7 Å². The van der Waals surface area contributed by atoms with Crippen molar-refractivity contribution in [3.63, 3.8) is 0 Å². The normalized spacial score (nSPS) is 23.8. The lowest BCUT2D eigenvalue weighted by Gasteiger charge is -2.43. The molecule has 0 unspecified atom stereocenters. The summed E-state index contributed by atoms with van der Waals surface area (Å²) in [4.78, 5) is 32.2. The molecule has 0 saturated carbocycles. The zero-order chi connectivity index (χ0) is 30.1. The Morgan fingerprint density at radius 1 is 1.12 bits per heavy atom. The number of hydrogen-bond donors (Lipinski definition) is 2. The first kappa shape index (κ1) is 29.2. The second-order valence-electron chi connectivity index (χ2n) is 11.3. The highest BCUT2D eigenvalue weighted by molar-refractivity contribution is 6.43. The van der Waals surface area contributed by atoms with E-state index >= 15 is 0 Å². The number of likely N-dealkylation sites (tertiary alicyclic amines) is 1. The molecule has 3 aromatic rings. The summed E-state index contributed by atoms with van der Waals surface area (Å²) in [6, 6.07) is 20.0. The Labute approximate surface area is 255 Å². The van der Waals surface area contributed by atoms with Gasteiger partial charge in [0.05, 0.1) is 28.7 Å². The number of nitrogens with zero attached hydrogens (tertiary/aromatic N) is 2. The number of halogens is 1. The van der Waals surface area contributed by atoms with Crippen molar-refractivity contribution < 1.29 is 29.1 Å². The topological polar surface area (TPSA) is 109 Å². The van der Waals surface area contributed by atoms with E-state index in [2.05, 4.69) is 4.98 Å². The number of fused-ring (bicyclic) bond motifs is 3. The molecule has 6 rings (SSSR count). The number of hydrogen-bond acceptors (Lipinski definition) is 7. The summed E-state index contributed by atoms with van der Waals surface area (Å²) in [6.45, 7) is 0.256. The maximum absolute atomic E-state index is 13.3.